The Labute approximate surface area is 152 Å². The Hall–Kier alpha value is -2.44. The van der Waals surface area contributed by atoms with Gasteiger partial charge in [-0.05, 0) is 43.5 Å². The molecule has 26 heavy (non-hydrogen) atoms. The SMILES string of the molecule is N#CCCNS(=O)(=O)c1ccc(C(=O)OCC(=O)N2CCCCC2)cc1. The lowest BCUT2D eigenvalue weighted by Gasteiger charge is -2.26. The Bertz CT molecular complexity index is 778. The van der Waals surface area contributed by atoms with Gasteiger partial charge in [-0.3, -0.25) is 4.79 Å². The summed E-state index contributed by atoms with van der Waals surface area (Å²) >= 11 is 0. The number of piperidine rings is 1. The molecule has 9 heteroatoms. The molecule has 1 aliphatic rings. The zero-order valence-corrected chi connectivity index (χ0v) is 15.1. The molecule has 1 saturated heterocycles. The van der Waals surface area contributed by atoms with Crippen molar-refractivity contribution in [2.45, 2.75) is 30.6 Å². The number of nitriles is 1. The van der Waals surface area contributed by atoms with Crippen molar-refractivity contribution in [1.82, 2.24) is 9.62 Å². The monoisotopic (exact) mass is 379 g/mol. The molecule has 0 saturated carbocycles. The summed E-state index contributed by atoms with van der Waals surface area (Å²) in [5.74, 6) is -0.907. The largest absolute Gasteiger partial charge is 0.452 e. The highest BCUT2D eigenvalue weighted by Crippen LogP contribution is 2.12. The second kappa shape index (κ2) is 9.31. The number of hydrogen-bond acceptors (Lipinski definition) is 6. The Kier molecular flexibility index (Phi) is 7.12. The van der Waals surface area contributed by atoms with E-state index in [1.165, 1.54) is 24.3 Å². The van der Waals surface area contributed by atoms with E-state index in [-0.39, 0.29) is 35.9 Å². The molecule has 1 aliphatic heterocycles. The number of likely N-dealkylation sites (tertiary alicyclic amines) is 1. The minimum atomic E-state index is -3.73. The van der Waals surface area contributed by atoms with Gasteiger partial charge in [-0.15, -0.1) is 0 Å². The molecule has 0 radical (unpaired) electrons. The molecule has 1 aromatic carbocycles. The van der Waals surface area contributed by atoms with Crippen molar-refractivity contribution in [2.75, 3.05) is 26.2 Å². The van der Waals surface area contributed by atoms with E-state index in [2.05, 4.69) is 4.72 Å². The molecule has 0 aliphatic carbocycles. The first kappa shape index (κ1) is 19.9. The van der Waals surface area contributed by atoms with Crippen LogP contribution in [0.3, 0.4) is 0 Å². The molecule has 0 aromatic heterocycles. The van der Waals surface area contributed by atoms with Crippen LogP contribution in [0.15, 0.2) is 29.2 Å². The molecule has 1 amide bonds. The van der Waals surface area contributed by atoms with Gasteiger partial charge in [0.25, 0.3) is 5.91 Å². The Balaban J connectivity index is 1.89. The first-order valence-corrected chi connectivity index (χ1v) is 9.84. The molecule has 1 fully saturated rings. The number of benzene rings is 1. The van der Waals surface area contributed by atoms with Crippen molar-refractivity contribution in [2.24, 2.45) is 0 Å². The zero-order chi connectivity index (χ0) is 19.0. The van der Waals surface area contributed by atoms with Gasteiger partial charge < -0.3 is 9.64 Å². The predicted molar refractivity (Wildman–Crippen MR) is 92.6 cm³/mol. The van der Waals surface area contributed by atoms with Crippen molar-refractivity contribution >= 4 is 21.9 Å². The summed E-state index contributed by atoms with van der Waals surface area (Å²) in [6.07, 6.45) is 3.08. The fourth-order valence-corrected chi connectivity index (χ4v) is 3.57. The summed E-state index contributed by atoms with van der Waals surface area (Å²) in [7, 11) is -3.73. The molecule has 0 spiro atoms. The Morgan fingerprint density at radius 2 is 1.81 bits per heavy atom. The number of carbonyl (C=O) groups excluding carboxylic acids is 2. The van der Waals surface area contributed by atoms with Gasteiger partial charge in [0.15, 0.2) is 6.61 Å². The molecular formula is C17H21N3O5S. The molecule has 1 heterocycles. The topological polar surface area (TPSA) is 117 Å². The van der Waals surface area contributed by atoms with Crippen LogP contribution >= 0.6 is 0 Å². The maximum absolute atomic E-state index is 12.0. The summed E-state index contributed by atoms with van der Waals surface area (Å²) < 4.78 is 31.3. The predicted octanol–water partition coefficient (Wildman–Crippen LogP) is 1.05. The normalized spacial score (nSPS) is 14.5. The van der Waals surface area contributed by atoms with Gasteiger partial charge in [0, 0.05) is 26.1 Å². The molecule has 140 valence electrons. The van der Waals surface area contributed by atoms with Gasteiger partial charge in [-0.1, -0.05) is 0 Å². The van der Waals surface area contributed by atoms with E-state index >= 15 is 0 Å². The highest BCUT2D eigenvalue weighted by Gasteiger charge is 2.19. The van der Waals surface area contributed by atoms with E-state index in [0.29, 0.717) is 13.1 Å². The van der Waals surface area contributed by atoms with Crippen molar-refractivity contribution in [3.05, 3.63) is 29.8 Å². The van der Waals surface area contributed by atoms with E-state index in [4.69, 9.17) is 10.00 Å². The van der Waals surface area contributed by atoms with Gasteiger partial charge in [0.1, 0.15) is 0 Å². The molecule has 1 aromatic rings. The van der Waals surface area contributed by atoms with Gasteiger partial charge >= 0.3 is 5.97 Å². The average molecular weight is 379 g/mol. The smallest absolute Gasteiger partial charge is 0.338 e. The van der Waals surface area contributed by atoms with Crippen molar-refractivity contribution in [3.8, 4) is 6.07 Å². The molecule has 0 atom stereocenters. The van der Waals surface area contributed by atoms with Crippen LogP contribution in [0.1, 0.15) is 36.0 Å². The van der Waals surface area contributed by atoms with E-state index in [0.717, 1.165) is 19.3 Å². The van der Waals surface area contributed by atoms with Crippen LogP contribution in [0.4, 0.5) is 0 Å². The number of hydrogen-bond donors (Lipinski definition) is 1. The molecule has 2 rings (SSSR count). The van der Waals surface area contributed by atoms with Crippen LogP contribution < -0.4 is 4.72 Å². The number of carbonyl (C=O) groups is 2. The summed E-state index contributed by atoms with van der Waals surface area (Å²) in [6, 6.07) is 7.05. The van der Waals surface area contributed by atoms with E-state index in [1.54, 1.807) is 4.90 Å². The third-order valence-corrected chi connectivity index (χ3v) is 5.44. The van der Waals surface area contributed by atoms with Gasteiger partial charge in [-0.2, -0.15) is 5.26 Å². The second-order valence-corrected chi connectivity index (χ2v) is 7.61. The summed E-state index contributed by atoms with van der Waals surface area (Å²) in [4.78, 5) is 25.7. The number of ether oxygens (including phenoxy) is 1. The molecule has 0 unspecified atom stereocenters. The van der Waals surface area contributed by atoms with Gasteiger partial charge in [0.2, 0.25) is 10.0 Å². The lowest BCUT2D eigenvalue weighted by Crippen LogP contribution is -2.38. The van der Waals surface area contributed by atoms with Crippen LogP contribution in [0.25, 0.3) is 0 Å². The number of rotatable bonds is 7. The van der Waals surface area contributed by atoms with E-state index in [9.17, 15) is 18.0 Å². The van der Waals surface area contributed by atoms with Crippen LogP contribution in [0.5, 0.6) is 0 Å². The maximum Gasteiger partial charge on any atom is 0.338 e. The molecule has 8 nitrogen and oxygen atoms in total. The summed E-state index contributed by atoms with van der Waals surface area (Å²) in [6.45, 7) is 1.05. The number of amides is 1. The zero-order valence-electron chi connectivity index (χ0n) is 14.3. The highest BCUT2D eigenvalue weighted by atomic mass is 32.2. The lowest BCUT2D eigenvalue weighted by molar-refractivity contribution is -0.135. The van der Waals surface area contributed by atoms with Crippen molar-refractivity contribution in [3.63, 3.8) is 0 Å². The number of nitrogens with zero attached hydrogens (tertiary/aromatic N) is 2. The average Bonchev–Trinajstić information content (AvgIpc) is 2.66. The van der Waals surface area contributed by atoms with Gasteiger partial charge in [-0.25, -0.2) is 17.9 Å². The minimum absolute atomic E-state index is 0.0151. The Morgan fingerprint density at radius 3 is 2.42 bits per heavy atom. The fourth-order valence-electron chi connectivity index (χ4n) is 2.54. The standard InChI is InChI=1S/C17H21N3O5S/c18-9-4-10-19-26(23,24)15-7-5-14(6-8-15)17(22)25-13-16(21)20-11-2-1-3-12-20/h5-8,19H,1-4,10-13H2. The first-order chi connectivity index (χ1) is 12.4. The third kappa shape index (κ3) is 5.54. The van der Waals surface area contributed by atoms with E-state index in [1.807, 2.05) is 6.07 Å². The van der Waals surface area contributed by atoms with Crippen LogP contribution in [-0.4, -0.2) is 51.4 Å². The molecule has 0 bridgehead atoms. The number of nitrogens with one attached hydrogen (secondary N) is 1. The minimum Gasteiger partial charge on any atom is -0.452 e. The second-order valence-electron chi connectivity index (χ2n) is 5.85. The molecular weight excluding hydrogens is 358 g/mol. The van der Waals surface area contributed by atoms with Crippen molar-refractivity contribution in [1.29, 1.82) is 5.26 Å². The number of sulfonamides is 1. The summed E-state index contributed by atoms with van der Waals surface area (Å²) in [5, 5.41) is 8.44. The fraction of sp³-hybridized carbons (Fsp3) is 0.471. The van der Waals surface area contributed by atoms with Crippen LogP contribution in [0.2, 0.25) is 0 Å². The summed E-state index contributed by atoms with van der Waals surface area (Å²) in [5.41, 5.74) is 0.160. The van der Waals surface area contributed by atoms with Crippen LogP contribution in [0, 0.1) is 11.3 Å². The van der Waals surface area contributed by atoms with Crippen LogP contribution in [-0.2, 0) is 19.6 Å². The van der Waals surface area contributed by atoms with E-state index < -0.39 is 16.0 Å². The van der Waals surface area contributed by atoms with Crippen molar-refractivity contribution < 1.29 is 22.7 Å². The van der Waals surface area contributed by atoms with Gasteiger partial charge in [0.05, 0.1) is 16.5 Å². The molecule has 1 N–H and O–H groups in total. The number of esters is 1. The quantitative estimate of drug-likeness (QED) is 0.559. The lowest BCUT2D eigenvalue weighted by atomic mass is 10.1. The first-order valence-electron chi connectivity index (χ1n) is 8.35. The Morgan fingerprint density at radius 1 is 1.15 bits per heavy atom. The highest BCUT2D eigenvalue weighted by molar-refractivity contribution is 7.89. The third-order valence-electron chi connectivity index (χ3n) is 3.96. The maximum atomic E-state index is 12.0.